The maximum atomic E-state index is 13.4. The van der Waals surface area contributed by atoms with Crippen LogP contribution in [0.2, 0.25) is 0 Å². The Balaban J connectivity index is 2.26. The number of rotatable bonds is 10. The van der Waals surface area contributed by atoms with E-state index in [4.69, 9.17) is 9.47 Å². The lowest BCUT2D eigenvalue weighted by molar-refractivity contribution is -0.140. The lowest BCUT2D eigenvalue weighted by atomic mass is 10.1. The second-order valence-electron chi connectivity index (χ2n) is 7.36. The highest BCUT2D eigenvalue weighted by molar-refractivity contribution is 7.92. The topological polar surface area (TPSA) is 105 Å². The molecule has 0 bridgehead atoms. The number of carboxylic acids is 1. The molecular weight excluding hydrogens is 408 g/mol. The van der Waals surface area contributed by atoms with Gasteiger partial charge in [0, 0.05) is 19.6 Å². The van der Waals surface area contributed by atoms with Crippen molar-refractivity contribution in [3.05, 3.63) is 24.3 Å². The molecule has 1 fully saturated rings. The highest BCUT2D eigenvalue weighted by atomic mass is 32.2. The van der Waals surface area contributed by atoms with E-state index in [0.717, 1.165) is 0 Å². The van der Waals surface area contributed by atoms with Crippen LogP contribution in [0.1, 0.15) is 20.8 Å². The molecule has 2 rings (SSSR count). The SMILES string of the molecule is CC#CCOc1ccc(S(=O)(=O)C(CN2CCOCC2)NC(C(=O)O)C(C)C)cc1. The number of carboxylic acid groups (broad SMARTS) is 1. The first-order chi connectivity index (χ1) is 14.3. The van der Waals surface area contributed by atoms with Gasteiger partial charge < -0.3 is 14.6 Å². The number of sulfone groups is 1. The molecule has 0 aromatic heterocycles. The first kappa shape index (κ1) is 24.2. The van der Waals surface area contributed by atoms with Crippen LogP contribution >= 0.6 is 0 Å². The molecule has 1 heterocycles. The number of nitrogens with one attached hydrogen (secondary N) is 1. The Morgan fingerprint density at radius 3 is 2.43 bits per heavy atom. The lowest BCUT2D eigenvalue weighted by Gasteiger charge is -2.32. The van der Waals surface area contributed by atoms with E-state index in [-0.39, 0.29) is 24.0 Å². The second kappa shape index (κ2) is 11.3. The molecule has 1 saturated heterocycles. The van der Waals surface area contributed by atoms with Crippen molar-refractivity contribution in [3.63, 3.8) is 0 Å². The Kier molecular flexibility index (Phi) is 9.11. The van der Waals surface area contributed by atoms with Crippen LogP contribution in [0.4, 0.5) is 0 Å². The molecule has 30 heavy (non-hydrogen) atoms. The summed E-state index contributed by atoms with van der Waals surface area (Å²) in [6.45, 7) is 7.83. The molecule has 166 valence electrons. The van der Waals surface area contributed by atoms with Crippen molar-refractivity contribution in [2.24, 2.45) is 5.92 Å². The highest BCUT2D eigenvalue weighted by Gasteiger charge is 2.34. The van der Waals surface area contributed by atoms with E-state index in [1.807, 2.05) is 4.90 Å². The Bertz CT molecular complexity index is 852. The first-order valence-corrected chi connectivity index (χ1v) is 11.5. The molecule has 9 heteroatoms. The third-order valence-corrected chi connectivity index (χ3v) is 6.80. The number of nitrogens with zero attached hydrogens (tertiary/aromatic N) is 1. The fourth-order valence-electron chi connectivity index (χ4n) is 3.09. The summed E-state index contributed by atoms with van der Waals surface area (Å²) in [6, 6.07) is 5.12. The maximum Gasteiger partial charge on any atom is 0.320 e. The molecule has 2 N–H and O–H groups in total. The van der Waals surface area contributed by atoms with E-state index in [2.05, 4.69) is 17.2 Å². The zero-order valence-corrected chi connectivity index (χ0v) is 18.4. The van der Waals surface area contributed by atoms with Gasteiger partial charge in [0.1, 0.15) is 23.8 Å². The number of ether oxygens (including phenoxy) is 2. The standard InChI is InChI=1S/C21H30N2O6S/c1-4-5-12-29-17-6-8-18(9-7-17)30(26,27)19(15-23-10-13-28-14-11-23)22-20(16(2)3)21(24)25/h6-9,16,19-20,22H,10-15H2,1-3H3,(H,24,25). The molecule has 2 atom stereocenters. The van der Waals surface area contributed by atoms with Crippen LogP contribution in [0.25, 0.3) is 0 Å². The zero-order valence-electron chi connectivity index (χ0n) is 17.6. The van der Waals surface area contributed by atoms with E-state index in [0.29, 0.717) is 32.1 Å². The monoisotopic (exact) mass is 438 g/mol. The van der Waals surface area contributed by atoms with Crippen molar-refractivity contribution in [2.75, 3.05) is 39.5 Å². The first-order valence-electron chi connectivity index (χ1n) is 9.91. The molecule has 0 radical (unpaired) electrons. The molecule has 1 aromatic carbocycles. The molecule has 0 aliphatic carbocycles. The quantitative estimate of drug-likeness (QED) is 0.526. The van der Waals surface area contributed by atoms with Crippen molar-refractivity contribution in [2.45, 2.75) is 37.1 Å². The number of morpholine rings is 1. The number of carbonyl (C=O) groups is 1. The van der Waals surface area contributed by atoms with Gasteiger partial charge in [0.15, 0.2) is 9.84 Å². The van der Waals surface area contributed by atoms with Crippen LogP contribution in [-0.2, 0) is 19.4 Å². The molecule has 0 amide bonds. The second-order valence-corrected chi connectivity index (χ2v) is 9.49. The Morgan fingerprint density at radius 2 is 1.90 bits per heavy atom. The summed E-state index contributed by atoms with van der Waals surface area (Å²) in [5, 5.41) is 11.4. The van der Waals surface area contributed by atoms with Gasteiger partial charge in [0.05, 0.1) is 18.1 Å². The average molecular weight is 439 g/mol. The van der Waals surface area contributed by atoms with Crippen molar-refractivity contribution >= 4 is 15.8 Å². The van der Waals surface area contributed by atoms with E-state index in [9.17, 15) is 18.3 Å². The van der Waals surface area contributed by atoms with Gasteiger partial charge >= 0.3 is 5.97 Å². The third kappa shape index (κ3) is 6.71. The minimum Gasteiger partial charge on any atom is -0.481 e. The summed E-state index contributed by atoms with van der Waals surface area (Å²) >= 11 is 0. The van der Waals surface area contributed by atoms with Gasteiger partial charge in [0.25, 0.3) is 0 Å². The predicted molar refractivity (Wildman–Crippen MR) is 113 cm³/mol. The van der Waals surface area contributed by atoms with E-state index in [1.165, 1.54) is 12.1 Å². The van der Waals surface area contributed by atoms with Crippen molar-refractivity contribution in [1.82, 2.24) is 10.2 Å². The minimum absolute atomic E-state index is 0.107. The Morgan fingerprint density at radius 1 is 1.27 bits per heavy atom. The molecule has 8 nitrogen and oxygen atoms in total. The van der Waals surface area contributed by atoms with Crippen LogP contribution < -0.4 is 10.1 Å². The number of hydrogen-bond donors (Lipinski definition) is 2. The number of aliphatic carboxylic acids is 1. The number of benzene rings is 1. The van der Waals surface area contributed by atoms with E-state index in [1.54, 1.807) is 32.9 Å². The lowest BCUT2D eigenvalue weighted by Crippen LogP contribution is -2.55. The van der Waals surface area contributed by atoms with Gasteiger partial charge in [-0.15, -0.1) is 5.92 Å². The largest absolute Gasteiger partial charge is 0.481 e. The van der Waals surface area contributed by atoms with E-state index >= 15 is 0 Å². The van der Waals surface area contributed by atoms with Crippen LogP contribution in [0, 0.1) is 17.8 Å². The average Bonchev–Trinajstić information content (AvgIpc) is 2.71. The van der Waals surface area contributed by atoms with Gasteiger partial charge in [0.2, 0.25) is 0 Å². The van der Waals surface area contributed by atoms with Crippen LogP contribution in [-0.4, -0.2) is 75.3 Å². The smallest absolute Gasteiger partial charge is 0.320 e. The highest BCUT2D eigenvalue weighted by Crippen LogP contribution is 2.21. The molecule has 0 spiro atoms. The Hall–Kier alpha value is -2.12. The normalized spacial score (nSPS) is 17.1. The Labute approximate surface area is 178 Å². The van der Waals surface area contributed by atoms with Crippen molar-refractivity contribution in [1.29, 1.82) is 0 Å². The zero-order chi connectivity index (χ0) is 22.1. The molecule has 1 aromatic rings. The van der Waals surface area contributed by atoms with Crippen molar-refractivity contribution < 1.29 is 27.8 Å². The molecule has 1 aliphatic rings. The van der Waals surface area contributed by atoms with Crippen LogP contribution in [0.15, 0.2) is 29.2 Å². The summed E-state index contributed by atoms with van der Waals surface area (Å²) < 4.78 is 37.5. The summed E-state index contributed by atoms with van der Waals surface area (Å²) in [6.07, 6.45) is 0. The van der Waals surface area contributed by atoms with Crippen molar-refractivity contribution in [3.8, 4) is 17.6 Å². The van der Waals surface area contributed by atoms with Gasteiger partial charge in [-0.25, -0.2) is 8.42 Å². The maximum absolute atomic E-state index is 13.4. The summed E-state index contributed by atoms with van der Waals surface area (Å²) in [5.74, 6) is 4.66. The number of hydrogen-bond acceptors (Lipinski definition) is 7. The van der Waals surface area contributed by atoms with Gasteiger partial charge in [-0.2, -0.15) is 0 Å². The van der Waals surface area contributed by atoms with Crippen LogP contribution in [0.3, 0.4) is 0 Å². The summed E-state index contributed by atoms with van der Waals surface area (Å²) in [5.41, 5.74) is 0. The molecule has 1 aliphatic heterocycles. The van der Waals surface area contributed by atoms with Crippen LogP contribution in [0.5, 0.6) is 5.75 Å². The molecule has 0 saturated carbocycles. The summed E-state index contributed by atoms with van der Waals surface area (Å²) in [4.78, 5) is 13.8. The molecule has 2 unspecified atom stereocenters. The van der Waals surface area contributed by atoms with Gasteiger partial charge in [-0.1, -0.05) is 19.8 Å². The minimum atomic E-state index is -3.84. The van der Waals surface area contributed by atoms with E-state index < -0.39 is 27.2 Å². The van der Waals surface area contributed by atoms with Gasteiger partial charge in [-0.3, -0.25) is 15.0 Å². The predicted octanol–water partition coefficient (Wildman–Crippen LogP) is 1.22. The molecular formula is C21H30N2O6S. The summed E-state index contributed by atoms with van der Waals surface area (Å²) in [7, 11) is -3.84. The van der Waals surface area contributed by atoms with Gasteiger partial charge in [-0.05, 0) is 37.1 Å². The fourth-order valence-corrected chi connectivity index (χ4v) is 4.67. The third-order valence-electron chi connectivity index (χ3n) is 4.84. The fraction of sp³-hybridized carbons (Fsp3) is 0.571.